The molecule has 0 spiro atoms. The summed E-state index contributed by atoms with van der Waals surface area (Å²) in [6, 6.07) is 5.24. The summed E-state index contributed by atoms with van der Waals surface area (Å²) in [6.45, 7) is 1.17. The number of ether oxygens (including phenoxy) is 2. The van der Waals surface area contributed by atoms with Crippen LogP contribution in [0.5, 0.6) is 11.5 Å². The molecule has 1 aromatic rings. The number of fused-ring (bicyclic) bond motifs is 1. The van der Waals surface area contributed by atoms with Crippen LogP contribution >= 0.6 is 12.2 Å². The van der Waals surface area contributed by atoms with Crippen molar-refractivity contribution in [1.29, 1.82) is 0 Å². The lowest BCUT2D eigenvalue weighted by Crippen LogP contribution is -2.35. The molecule has 5 nitrogen and oxygen atoms in total. The molecule has 1 aliphatic heterocycles. The first kappa shape index (κ1) is 12.6. The van der Waals surface area contributed by atoms with Gasteiger partial charge in [0.05, 0.1) is 17.1 Å². The van der Waals surface area contributed by atoms with Crippen molar-refractivity contribution in [2.75, 3.05) is 26.8 Å². The first-order valence-electron chi connectivity index (χ1n) is 5.52. The second-order valence-corrected chi connectivity index (χ2v) is 4.48. The van der Waals surface area contributed by atoms with Crippen LogP contribution in [0.15, 0.2) is 18.2 Å². The van der Waals surface area contributed by atoms with Crippen LogP contribution in [0.2, 0.25) is 0 Å². The van der Waals surface area contributed by atoms with Gasteiger partial charge in [-0.2, -0.15) is 0 Å². The maximum Gasteiger partial charge on any atom is 0.257 e. The molecule has 18 heavy (non-hydrogen) atoms. The maximum absolute atomic E-state index is 12.2. The lowest BCUT2D eigenvalue weighted by Gasteiger charge is -2.23. The van der Waals surface area contributed by atoms with Crippen LogP contribution in [-0.4, -0.2) is 42.6 Å². The molecule has 0 saturated heterocycles. The number of carbonyl (C=O) groups excluding carboxylic acids is 1. The lowest BCUT2D eigenvalue weighted by atomic mass is 10.1. The fourth-order valence-electron chi connectivity index (χ4n) is 1.75. The number of rotatable bonds is 3. The Morgan fingerprint density at radius 2 is 2.17 bits per heavy atom. The number of hydrogen-bond donors (Lipinski definition) is 1. The summed E-state index contributed by atoms with van der Waals surface area (Å²) in [5.41, 5.74) is 5.89. The van der Waals surface area contributed by atoms with Crippen LogP contribution in [0.1, 0.15) is 10.4 Å². The molecule has 96 valence electrons. The SMILES string of the molecule is CN(CC(N)=S)C(=O)c1cccc2c1OCCO2. The van der Waals surface area contributed by atoms with E-state index in [1.54, 1.807) is 25.2 Å². The zero-order valence-electron chi connectivity index (χ0n) is 10.0. The molecule has 0 fully saturated rings. The Balaban J connectivity index is 2.27. The van der Waals surface area contributed by atoms with Gasteiger partial charge in [0, 0.05) is 7.05 Å². The third-order valence-electron chi connectivity index (χ3n) is 2.54. The molecule has 0 saturated carbocycles. The highest BCUT2D eigenvalue weighted by Crippen LogP contribution is 2.34. The smallest absolute Gasteiger partial charge is 0.257 e. The molecule has 6 heteroatoms. The standard InChI is InChI=1S/C12H14N2O3S/c1-14(7-10(13)18)12(15)8-3-2-4-9-11(8)17-6-5-16-9/h2-4H,5-7H2,1H3,(H2,13,18). The minimum Gasteiger partial charge on any atom is -0.486 e. The molecule has 0 bridgehead atoms. The monoisotopic (exact) mass is 266 g/mol. The topological polar surface area (TPSA) is 64.8 Å². The van der Waals surface area contributed by atoms with Gasteiger partial charge < -0.3 is 20.1 Å². The molecule has 0 unspecified atom stereocenters. The minimum absolute atomic E-state index is 0.190. The van der Waals surface area contributed by atoms with Gasteiger partial charge in [-0.1, -0.05) is 18.3 Å². The van der Waals surface area contributed by atoms with Crippen molar-refractivity contribution in [3.63, 3.8) is 0 Å². The van der Waals surface area contributed by atoms with Crippen molar-refractivity contribution in [3.8, 4) is 11.5 Å². The van der Waals surface area contributed by atoms with Crippen LogP contribution in [0.4, 0.5) is 0 Å². The number of nitrogens with zero attached hydrogens (tertiary/aromatic N) is 1. The van der Waals surface area contributed by atoms with Crippen LogP contribution in [-0.2, 0) is 0 Å². The average Bonchev–Trinajstić information content (AvgIpc) is 2.36. The Morgan fingerprint density at radius 1 is 1.44 bits per heavy atom. The van der Waals surface area contributed by atoms with E-state index in [1.165, 1.54) is 4.90 Å². The van der Waals surface area contributed by atoms with E-state index in [0.717, 1.165) is 0 Å². The summed E-state index contributed by atoms with van der Waals surface area (Å²) in [5, 5.41) is 0. The van der Waals surface area contributed by atoms with Crippen LogP contribution in [0, 0.1) is 0 Å². The molecule has 0 aromatic heterocycles. The highest BCUT2D eigenvalue weighted by atomic mass is 32.1. The van der Waals surface area contributed by atoms with E-state index in [2.05, 4.69) is 0 Å². The van der Waals surface area contributed by atoms with Crippen molar-refractivity contribution in [3.05, 3.63) is 23.8 Å². The van der Waals surface area contributed by atoms with E-state index in [4.69, 9.17) is 27.4 Å². The number of nitrogens with two attached hydrogens (primary N) is 1. The zero-order valence-corrected chi connectivity index (χ0v) is 10.8. The molecule has 2 N–H and O–H groups in total. The zero-order chi connectivity index (χ0) is 13.1. The number of benzene rings is 1. The summed E-state index contributed by atoms with van der Waals surface area (Å²) >= 11 is 4.79. The van der Waals surface area contributed by atoms with Crippen molar-refractivity contribution in [1.82, 2.24) is 4.90 Å². The van der Waals surface area contributed by atoms with E-state index in [9.17, 15) is 4.79 Å². The normalized spacial score (nSPS) is 12.9. The van der Waals surface area contributed by atoms with Gasteiger partial charge in [0.1, 0.15) is 13.2 Å². The van der Waals surface area contributed by atoms with Gasteiger partial charge >= 0.3 is 0 Å². The summed E-state index contributed by atoms with van der Waals surface area (Å²) in [5.74, 6) is 0.893. The van der Waals surface area contributed by atoms with Crippen molar-refractivity contribution in [2.24, 2.45) is 5.73 Å². The van der Waals surface area contributed by atoms with E-state index >= 15 is 0 Å². The minimum atomic E-state index is -0.190. The maximum atomic E-state index is 12.2. The number of amides is 1. The van der Waals surface area contributed by atoms with Crippen LogP contribution in [0.3, 0.4) is 0 Å². The molecular formula is C12H14N2O3S. The number of thiocarbonyl (C=S) groups is 1. The van der Waals surface area contributed by atoms with E-state index in [1.807, 2.05) is 0 Å². The first-order chi connectivity index (χ1) is 8.59. The fraction of sp³-hybridized carbons (Fsp3) is 0.333. The quantitative estimate of drug-likeness (QED) is 0.820. The first-order valence-corrected chi connectivity index (χ1v) is 5.93. The molecule has 1 aromatic carbocycles. The van der Waals surface area contributed by atoms with Gasteiger partial charge in [-0.25, -0.2) is 0 Å². The summed E-state index contributed by atoms with van der Waals surface area (Å²) in [6.07, 6.45) is 0. The van der Waals surface area contributed by atoms with Crippen molar-refractivity contribution in [2.45, 2.75) is 0 Å². The Hall–Kier alpha value is -1.82. The number of carbonyl (C=O) groups is 1. The van der Waals surface area contributed by atoms with Gasteiger partial charge in [0.2, 0.25) is 0 Å². The summed E-state index contributed by atoms with van der Waals surface area (Å²) in [7, 11) is 1.64. The van der Waals surface area contributed by atoms with E-state index in [0.29, 0.717) is 30.3 Å². The van der Waals surface area contributed by atoms with Gasteiger partial charge in [-0.3, -0.25) is 4.79 Å². The molecule has 0 aliphatic carbocycles. The Kier molecular flexibility index (Phi) is 3.66. The second-order valence-electron chi connectivity index (χ2n) is 3.96. The third kappa shape index (κ3) is 2.53. The van der Waals surface area contributed by atoms with Gasteiger partial charge in [-0.15, -0.1) is 0 Å². The van der Waals surface area contributed by atoms with Gasteiger partial charge in [-0.05, 0) is 12.1 Å². The molecular weight excluding hydrogens is 252 g/mol. The second kappa shape index (κ2) is 5.22. The summed E-state index contributed by atoms with van der Waals surface area (Å²) < 4.78 is 10.9. The molecule has 1 amide bonds. The van der Waals surface area contributed by atoms with E-state index < -0.39 is 0 Å². The highest BCUT2D eigenvalue weighted by molar-refractivity contribution is 7.80. The van der Waals surface area contributed by atoms with E-state index in [-0.39, 0.29) is 17.4 Å². The number of likely N-dealkylation sites (N-methyl/N-ethyl adjacent to an activating group) is 1. The predicted molar refractivity (Wildman–Crippen MR) is 71.2 cm³/mol. The molecule has 0 radical (unpaired) electrons. The molecule has 0 atom stereocenters. The van der Waals surface area contributed by atoms with Crippen molar-refractivity contribution < 1.29 is 14.3 Å². The number of hydrogen-bond acceptors (Lipinski definition) is 4. The number of para-hydroxylation sites is 1. The predicted octanol–water partition coefficient (Wildman–Crippen LogP) is 0.816. The molecule has 1 heterocycles. The lowest BCUT2D eigenvalue weighted by molar-refractivity contribution is 0.0804. The Labute approximate surface area is 110 Å². The largest absolute Gasteiger partial charge is 0.486 e. The Morgan fingerprint density at radius 3 is 2.89 bits per heavy atom. The Bertz CT molecular complexity index is 490. The van der Waals surface area contributed by atoms with Gasteiger partial charge in [0.15, 0.2) is 11.5 Å². The van der Waals surface area contributed by atoms with Crippen LogP contribution in [0.25, 0.3) is 0 Å². The third-order valence-corrected chi connectivity index (χ3v) is 2.67. The average molecular weight is 266 g/mol. The summed E-state index contributed by atoms with van der Waals surface area (Å²) in [4.78, 5) is 14.0. The van der Waals surface area contributed by atoms with Crippen molar-refractivity contribution >= 4 is 23.1 Å². The van der Waals surface area contributed by atoms with Crippen LogP contribution < -0.4 is 15.2 Å². The van der Waals surface area contributed by atoms with Gasteiger partial charge in [0.25, 0.3) is 5.91 Å². The molecule has 2 rings (SSSR count). The molecule has 1 aliphatic rings. The highest BCUT2D eigenvalue weighted by Gasteiger charge is 2.22. The fourth-order valence-corrected chi connectivity index (χ4v) is 1.95.